The number of anilines is 1. The minimum Gasteiger partial charge on any atom is -0.484 e. The number of carbonyl (C=O) groups excluding carboxylic acids is 1. The summed E-state index contributed by atoms with van der Waals surface area (Å²) in [6.07, 6.45) is 0. The van der Waals surface area contributed by atoms with Crippen molar-refractivity contribution in [1.82, 2.24) is 0 Å². The van der Waals surface area contributed by atoms with Gasteiger partial charge in [0.05, 0.1) is 10.8 Å². The van der Waals surface area contributed by atoms with Crippen LogP contribution in [0.1, 0.15) is 0 Å². The molecule has 28 heavy (non-hydrogen) atoms. The van der Waals surface area contributed by atoms with Crippen molar-refractivity contribution < 1.29 is 18.3 Å². The average Bonchev–Trinajstić information content (AvgIpc) is 2.67. The molecule has 0 bridgehead atoms. The summed E-state index contributed by atoms with van der Waals surface area (Å²) in [5, 5.41) is 3.15. The summed E-state index contributed by atoms with van der Waals surface area (Å²) in [6, 6.07) is 15.9. The SMILES string of the molecule is O=C(COc1cccc(Br)c1)Nc1ccc2c(=O)c3cccc(F)c3oc2c1. The highest BCUT2D eigenvalue weighted by Crippen LogP contribution is 2.23. The summed E-state index contributed by atoms with van der Waals surface area (Å²) in [7, 11) is 0. The third-order valence-electron chi connectivity index (χ3n) is 4.10. The summed E-state index contributed by atoms with van der Waals surface area (Å²) in [4.78, 5) is 24.7. The predicted octanol–water partition coefficient (Wildman–Crippen LogP) is 4.87. The molecule has 1 heterocycles. The first kappa shape index (κ1) is 18.2. The van der Waals surface area contributed by atoms with Crippen LogP contribution in [0.15, 0.2) is 74.3 Å². The molecule has 1 aromatic heterocycles. The van der Waals surface area contributed by atoms with Crippen molar-refractivity contribution >= 4 is 49.5 Å². The lowest BCUT2D eigenvalue weighted by Gasteiger charge is -2.09. The predicted molar refractivity (Wildman–Crippen MR) is 108 cm³/mol. The van der Waals surface area contributed by atoms with Crippen LogP contribution in [0.2, 0.25) is 0 Å². The summed E-state index contributed by atoms with van der Waals surface area (Å²) >= 11 is 3.33. The van der Waals surface area contributed by atoms with Gasteiger partial charge in [0.25, 0.3) is 5.91 Å². The first-order chi connectivity index (χ1) is 13.5. The van der Waals surface area contributed by atoms with Crippen molar-refractivity contribution in [3.05, 3.63) is 81.2 Å². The van der Waals surface area contributed by atoms with E-state index < -0.39 is 5.82 Å². The standard InChI is InChI=1S/C21H13BrFNO4/c22-12-3-1-4-14(9-12)27-11-19(25)24-13-7-8-15-18(10-13)28-21-16(20(15)26)5-2-6-17(21)23/h1-10H,11H2,(H,24,25). The Hall–Kier alpha value is -3.19. The van der Waals surface area contributed by atoms with E-state index >= 15 is 0 Å². The van der Waals surface area contributed by atoms with Gasteiger partial charge in [-0.2, -0.15) is 0 Å². The van der Waals surface area contributed by atoms with Crippen molar-refractivity contribution in [2.45, 2.75) is 0 Å². The molecule has 0 aliphatic rings. The quantitative estimate of drug-likeness (QED) is 0.459. The molecule has 0 saturated carbocycles. The van der Waals surface area contributed by atoms with Crippen molar-refractivity contribution in [2.24, 2.45) is 0 Å². The van der Waals surface area contributed by atoms with Gasteiger partial charge in [-0.05, 0) is 42.5 Å². The molecule has 0 unspecified atom stereocenters. The summed E-state index contributed by atoms with van der Waals surface area (Å²) in [5.74, 6) is -0.446. The zero-order valence-corrected chi connectivity index (χ0v) is 16.0. The molecule has 0 aliphatic carbocycles. The molecule has 0 fully saturated rings. The molecule has 0 atom stereocenters. The molecule has 5 nitrogen and oxygen atoms in total. The molecule has 0 saturated heterocycles. The first-order valence-electron chi connectivity index (χ1n) is 8.34. The first-order valence-corrected chi connectivity index (χ1v) is 9.14. The van der Waals surface area contributed by atoms with Crippen molar-refractivity contribution in [3.63, 3.8) is 0 Å². The molecule has 1 amide bonds. The van der Waals surface area contributed by atoms with Crippen LogP contribution in [0.5, 0.6) is 5.75 Å². The van der Waals surface area contributed by atoms with Gasteiger partial charge in [0.1, 0.15) is 11.3 Å². The number of nitrogens with one attached hydrogen (secondary N) is 1. The van der Waals surface area contributed by atoms with E-state index in [4.69, 9.17) is 9.15 Å². The van der Waals surface area contributed by atoms with Crippen LogP contribution in [0, 0.1) is 5.82 Å². The van der Waals surface area contributed by atoms with E-state index in [9.17, 15) is 14.0 Å². The maximum absolute atomic E-state index is 14.0. The minimum absolute atomic E-state index is 0.110. The Labute approximate surface area is 166 Å². The molecule has 4 aromatic rings. The molecular weight excluding hydrogens is 429 g/mol. The Morgan fingerprint density at radius 3 is 2.71 bits per heavy atom. The molecule has 7 heteroatoms. The molecule has 0 radical (unpaired) electrons. The van der Waals surface area contributed by atoms with Gasteiger partial charge in [-0.15, -0.1) is 0 Å². The number of benzene rings is 3. The third kappa shape index (κ3) is 3.61. The van der Waals surface area contributed by atoms with E-state index in [0.29, 0.717) is 16.8 Å². The van der Waals surface area contributed by atoms with E-state index in [0.717, 1.165) is 4.47 Å². The number of rotatable bonds is 4. The molecular formula is C21H13BrFNO4. The maximum atomic E-state index is 14.0. The number of fused-ring (bicyclic) bond motifs is 2. The highest BCUT2D eigenvalue weighted by Gasteiger charge is 2.12. The molecule has 140 valence electrons. The largest absolute Gasteiger partial charge is 0.484 e. The zero-order valence-electron chi connectivity index (χ0n) is 14.4. The van der Waals surface area contributed by atoms with E-state index in [2.05, 4.69) is 21.2 Å². The second-order valence-electron chi connectivity index (χ2n) is 6.05. The number of hydrogen-bond donors (Lipinski definition) is 1. The van der Waals surface area contributed by atoms with Crippen LogP contribution in [0.4, 0.5) is 10.1 Å². The second kappa shape index (κ2) is 7.44. The van der Waals surface area contributed by atoms with Gasteiger partial charge in [-0.1, -0.05) is 28.1 Å². The Morgan fingerprint density at radius 1 is 1.07 bits per heavy atom. The van der Waals surface area contributed by atoms with Crippen LogP contribution in [-0.4, -0.2) is 12.5 Å². The van der Waals surface area contributed by atoms with Crippen molar-refractivity contribution in [2.75, 3.05) is 11.9 Å². The van der Waals surface area contributed by atoms with E-state index in [1.54, 1.807) is 24.3 Å². The van der Waals surface area contributed by atoms with Gasteiger partial charge in [0.15, 0.2) is 18.0 Å². The molecule has 0 spiro atoms. The van der Waals surface area contributed by atoms with Crippen LogP contribution < -0.4 is 15.5 Å². The van der Waals surface area contributed by atoms with E-state index in [-0.39, 0.29) is 34.5 Å². The van der Waals surface area contributed by atoms with Gasteiger partial charge >= 0.3 is 0 Å². The number of para-hydroxylation sites is 1. The normalized spacial score (nSPS) is 10.9. The average molecular weight is 442 g/mol. The van der Waals surface area contributed by atoms with Crippen molar-refractivity contribution in [1.29, 1.82) is 0 Å². The monoisotopic (exact) mass is 441 g/mol. The van der Waals surface area contributed by atoms with Gasteiger partial charge in [0, 0.05) is 16.2 Å². The van der Waals surface area contributed by atoms with E-state index in [1.165, 1.54) is 30.3 Å². The highest BCUT2D eigenvalue weighted by atomic mass is 79.9. The smallest absolute Gasteiger partial charge is 0.262 e. The second-order valence-corrected chi connectivity index (χ2v) is 6.97. The number of amides is 1. The van der Waals surface area contributed by atoms with E-state index in [1.807, 2.05) is 6.07 Å². The minimum atomic E-state index is -0.617. The maximum Gasteiger partial charge on any atom is 0.262 e. The Morgan fingerprint density at radius 2 is 1.89 bits per heavy atom. The Kier molecular flexibility index (Phi) is 4.83. The number of ether oxygens (including phenoxy) is 1. The Balaban J connectivity index is 1.57. The summed E-state index contributed by atoms with van der Waals surface area (Å²) in [6.45, 7) is -0.190. The molecule has 3 aromatic carbocycles. The number of carbonyl (C=O) groups is 1. The fourth-order valence-electron chi connectivity index (χ4n) is 2.82. The summed E-state index contributed by atoms with van der Waals surface area (Å²) < 4.78 is 25.8. The number of halogens is 2. The fourth-order valence-corrected chi connectivity index (χ4v) is 3.20. The van der Waals surface area contributed by atoms with Crippen LogP contribution in [0.3, 0.4) is 0 Å². The lowest BCUT2D eigenvalue weighted by atomic mass is 10.1. The van der Waals surface area contributed by atoms with Crippen LogP contribution in [0.25, 0.3) is 21.9 Å². The van der Waals surface area contributed by atoms with Crippen LogP contribution in [-0.2, 0) is 4.79 Å². The van der Waals surface area contributed by atoms with Gasteiger partial charge in [0.2, 0.25) is 5.43 Å². The van der Waals surface area contributed by atoms with Gasteiger partial charge < -0.3 is 14.5 Å². The zero-order chi connectivity index (χ0) is 19.7. The number of hydrogen-bond acceptors (Lipinski definition) is 4. The Bertz CT molecular complexity index is 1270. The third-order valence-corrected chi connectivity index (χ3v) is 4.59. The van der Waals surface area contributed by atoms with Gasteiger partial charge in [-0.3, -0.25) is 9.59 Å². The highest BCUT2D eigenvalue weighted by molar-refractivity contribution is 9.10. The lowest BCUT2D eigenvalue weighted by molar-refractivity contribution is -0.118. The lowest BCUT2D eigenvalue weighted by Crippen LogP contribution is -2.20. The van der Waals surface area contributed by atoms with Crippen LogP contribution >= 0.6 is 15.9 Å². The summed E-state index contributed by atoms with van der Waals surface area (Å²) in [5.41, 5.74) is 0.163. The molecule has 0 aliphatic heterocycles. The molecule has 4 rings (SSSR count). The molecule has 1 N–H and O–H groups in total. The van der Waals surface area contributed by atoms with Gasteiger partial charge in [-0.25, -0.2) is 4.39 Å². The van der Waals surface area contributed by atoms with Crippen molar-refractivity contribution in [3.8, 4) is 5.75 Å². The fraction of sp³-hybridized carbons (Fsp3) is 0.0476. The topological polar surface area (TPSA) is 68.5 Å².